The first-order chi connectivity index (χ1) is 10.9. The number of aliphatic hydroxyl groups is 1. The number of carbonyl (C=O) groups excluding carboxylic acids is 1. The average molecular weight is 322 g/mol. The molecular formula is C17H26N2O4. The van der Waals surface area contributed by atoms with E-state index in [0.29, 0.717) is 32.7 Å². The topological polar surface area (TPSA) is 73.2 Å². The number of hydrogen-bond acceptors (Lipinski definition) is 5. The summed E-state index contributed by atoms with van der Waals surface area (Å²) in [5.74, 6) is -0.00217. The van der Waals surface area contributed by atoms with Crippen molar-refractivity contribution in [3.8, 4) is 5.75 Å². The number of phenols is 1. The van der Waals surface area contributed by atoms with Gasteiger partial charge >= 0.3 is 0 Å². The highest BCUT2D eigenvalue weighted by Gasteiger charge is 2.42. The summed E-state index contributed by atoms with van der Waals surface area (Å²) in [4.78, 5) is 16.1. The number of aromatic hydroxyl groups is 1. The molecule has 0 saturated carbocycles. The van der Waals surface area contributed by atoms with Gasteiger partial charge in [0.2, 0.25) is 0 Å². The largest absolute Gasteiger partial charge is 0.508 e. The lowest BCUT2D eigenvalue weighted by Gasteiger charge is -2.40. The van der Waals surface area contributed by atoms with Gasteiger partial charge in [-0.15, -0.1) is 0 Å². The molecule has 0 unspecified atom stereocenters. The number of benzene rings is 1. The van der Waals surface area contributed by atoms with Crippen LogP contribution in [0, 0.1) is 0 Å². The van der Waals surface area contributed by atoms with Crippen molar-refractivity contribution in [2.45, 2.75) is 25.0 Å². The zero-order chi connectivity index (χ0) is 16.9. The Morgan fingerprint density at radius 3 is 2.91 bits per heavy atom. The minimum absolute atomic E-state index is 0.217. The van der Waals surface area contributed by atoms with Gasteiger partial charge in [-0.25, -0.2) is 0 Å². The van der Waals surface area contributed by atoms with Gasteiger partial charge in [0.15, 0.2) is 5.60 Å². The Balaban J connectivity index is 1.97. The van der Waals surface area contributed by atoms with E-state index in [1.165, 1.54) is 0 Å². The molecule has 1 aromatic carbocycles. The Hall–Kier alpha value is -1.63. The highest BCUT2D eigenvalue weighted by Crippen LogP contribution is 2.24. The molecule has 1 heterocycles. The molecule has 0 aliphatic carbocycles. The quantitative estimate of drug-likeness (QED) is 0.778. The number of phenolic OH excluding ortho intramolecular Hbond substituents is 1. The van der Waals surface area contributed by atoms with Gasteiger partial charge < -0.3 is 19.8 Å². The number of methoxy groups -OCH3 is 1. The number of ether oxygens (including phenoxy) is 1. The summed E-state index contributed by atoms with van der Waals surface area (Å²) < 4.78 is 5.02. The number of nitrogens with zero attached hydrogens (tertiary/aromatic N) is 2. The number of hydrogen-bond donors (Lipinski definition) is 2. The number of likely N-dealkylation sites (tertiary alicyclic amines) is 1. The van der Waals surface area contributed by atoms with E-state index in [0.717, 1.165) is 12.0 Å². The second kappa shape index (κ2) is 7.77. The Bertz CT molecular complexity index is 537. The zero-order valence-corrected chi connectivity index (χ0v) is 13.9. The second-order valence-corrected chi connectivity index (χ2v) is 6.26. The van der Waals surface area contributed by atoms with Crippen LogP contribution in [0.4, 0.5) is 0 Å². The first-order valence-electron chi connectivity index (χ1n) is 7.92. The summed E-state index contributed by atoms with van der Waals surface area (Å²) in [7, 11) is 3.47. The average Bonchev–Trinajstić information content (AvgIpc) is 2.49. The van der Waals surface area contributed by atoms with Crippen molar-refractivity contribution < 1.29 is 19.7 Å². The van der Waals surface area contributed by atoms with Gasteiger partial charge in [-0.2, -0.15) is 0 Å². The lowest BCUT2D eigenvalue weighted by Crippen LogP contribution is -2.58. The summed E-state index contributed by atoms with van der Waals surface area (Å²) in [6.45, 7) is 2.47. The lowest BCUT2D eigenvalue weighted by molar-refractivity contribution is -0.159. The Morgan fingerprint density at radius 1 is 1.43 bits per heavy atom. The van der Waals surface area contributed by atoms with E-state index in [1.54, 1.807) is 30.2 Å². The van der Waals surface area contributed by atoms with Gasteiger partial charge in [-0.3, -0.25) is 9.69 Å². The van der Waals surface area contributed by atoms with Crippen LogP contribution in [0.2, 0.25) is 0 Å². The van der Waals surface area contributed by atoms with Crippen molar-refractivity contribution in [1.82, 2.24) is 9.80 Å². The van der Waals surface area contributed by atoms with Crippen LogP contribution in [-0.4, -0.2) is 71.9 Å². The third-order valence-electron chi connectivity index (χ3n) is 4.16. The molecule has 1 atom stereocenters. The molecule has 1 fully saturated rings. The van der Waals surface area contributed by atoms with Crippen LogP contribution >= 0.6 is 0 Å². The molecule has 6 nitrogen and oxygen atoms in total. The molecule has 0 radical (unpaired) electrons. The van der Waals surface area contributed by atoms with Crippen LogP contribution in [0.15, 0.2) is 24.3 Å². The van der Waals surface area contributed by atoms with E-state index in [2.05, 4.69) is 0 Å². The van der Waals surface area contributed by atoms with Gasteiger partial charge in [0.25, 0.3) is 5.91 Å². The fraction of sp³-hybridized carbons (Fsp3) is 0.588. The third-order valence-corrected chi connectivity index (χ3v) is 4.16. The van der Waals surface area contributed by atoms with Crippen molar-refractivity contribution in [1.29, 1.82) is 0 Å². The SMILES string of the molecule is COCCN1CCC[C@@](O)(CN(C)Cc2cccc(O)c2)C1=O. The third kappa shape index (κ3) is 4.67. The van der Waals surface area contributed by atoms with E-state index in [1.807, 2.05) is 18.0 Å². The van der Waals surface area contributed by atoms with Crippen LogP contribution in [-0.2, 0) is 16.1 Å². The van der Waals surface area contributed by atoms with E-state index < -0.39 is 5.60 Å². The van der Waals surface area contributed by atoms with Crippen LogP contribution in [0.3, 0.4) is 0 Å². The first kappa shape index (κ1) is 17.7. The Labute approximate surface area is 137 Å². The summed E-state index contributed by atoms with van der Waals surface area (Å²) >= 11 is 0. The van der Waals surface area contributed by atoms with Crippen LogP contribution in [0.1, 0.15) is 18.4 Å². The van der Waals surface area contributed by atoms with Gasteiger partial charge in [-0.1, -0.05) is 12.1 Å². The van der Waals surface area contributed by atoms with Gasteiger partial charge in [0.05, 0.1) is 6.61 Å². The number of likely N-dealkylation sites (N-methyl/N-ethyl adjacent to an activating group) is 1. The molecule has 1 aromatic rings. The van der Waals surface area contributed by atoms with Crippen molar-refractivity contribution in [3.63, 3.8) is 0 Å². The molecule has 1 saturated heterocycles. The lowest BCUT2D eigenvalue weighted by atomic mass is 9.91. The molecule has 0 spiro atoms. The van der Waals surface area contributed by atoms with Crippen molar-refractivity contribution in [3.05, 3.63) is 29.8 Å². The highest BCUT2D eigenvalue weighted by atomic mass is 16.5. The Morgan fingerprint density at radius 2 is 2.22 bits per heavy atom. The minimum atomic E-state index is -1.35. The molecule has 1 aliphatic heterocycles. The van der Waals surface area contributed by atoms with Crippen molar-refractivity contribution in [2.24, 2.45) is 0 Å². The van der Waals surface area contributed by atoms with E-state index in [9.17, 15) is 15.0 Å². The fourth-order valence-electron chi connectivity index (χ4n) is 3.10. The van der Waals surface area contributed by atoms with Crippen LogP contribution in [0.5, 0.6) is 5.75 Å². The molecule has 128 valence electrons. The summed E-state index contributed by atoms with van der Waals surface area (Å²) in [5.41, 5.74) is -0.409. The number of rotatable bonds is 7. The van der Waals surface area contributed by atoms with Gasteiger partial charge in [0, 0.05) is 33.3 Å². The summed E-state index contributed by atoms with van der Waals surface area (Å²) in [5, 5.41) is 20.3. The molecule has 1 amide bonds. The molecule has 2 N–H and O–H groups in total. The Kier molecular flexibility index (Phi) is 5.98. The maximum Gasteiger partial charge on any atom is 0.255 e. The normalized spacial score (nSPS) is 21.9. The maximum absolute atomic E-state index is 12.5. The number of amides is 1. The molecule has 1 aliphatic rings. The van der Waals surface area contributed by atoms with Crippen molar-refractivity contribution >= 4 is 5.91 Å². The predicted molar refractivity (Wildman–Crippen MR) is 87.1 cm³/mol. The summed E-state index contributed by atoms with van der Waals surface area (Å²) in [6, 6.07) is 7.00. The maximum atomic E-state index is 12.5. The van der Waals surface area contributed by atoms with E-state index in [4.69, 9.17) is 4.74 Å². The predicted octanol–water partition coefficient (Wildman–Crippen LogP) is 0.824. The molecule has 0 aromatic heterocycles. The standard InChI is InChI=1S/C17H26N2O4/c1-18(12-14-5-3-6-15(20)11-14)13-17(22)7-4-8-19(16(17)21)9-10-23-2/h3,5-6,11,20,22H,4,7-10,12-13H2,1-2H3/t17-/m1/s1. The number of carbonyl (C=O) groups is 1. The highest BCUT2D eigenvalue weighted by molar-refractivity contribution is 5.86. The first-order valence-corrected chi connectivity index (χ1v) is 7.92. The van der Waals surface area contributed by atoms with Crippen molar-refractivity contribution in [2.75, 3.05) is 40.4 Å². The molecule has 6 heteroatoms. The zero-order valence-electron chi connectivity index (χ0n) is 13.9. The van der Waals surface area contributed by atoms with Crippen LogP contribution in [0.25, 0.3) is 0 Å². The smallest absolute Gasteiger partial charge is 0.255 e. The molecule has 23 heavy (non-hydrogen) atoms. The monoisotopic (exact) mass is 322 g/mol. The molecule has 2 rings (SSSR count). The van der Waals surface area contributed by atoms with Gasteiger partial charge in [-0.05, 0) is 37.6 Å². The van der Waals surface area contributed by atoms with Crippen LogP contribution < -0.4 is 0 Å². The molecular weight excluding hydrogens is 296 g/mol. The second-order valence-electron chi connectivity index (χ2n) is 6.26. The fourth-order valence-corrected chi connectivity index (χ4v) is 3.10. The molecule has 0 bridgehead atoms. The van der Waals surface area contributed by atoms with E-state index >= 15 is 0 Å². The minimum Gasteiger partial charge on any atom is -0.508 e. The van der Waals surface area contributed by atoms with Gasteiger partial charge in [0.1, 0.15) is 5.75 Å². The summed E-state index contributed by atoms with van der Waals surface area (Å²) in [6.07, 6.45) is 1.26. The van der Waals surface area contributed by atoms with E-state index in [-0.39, 0.29) is 18.2 Å². The number of piperidine rings is 1.